The predicted octanol–water partition coefficient (Wildman–Crippen LogP) is 3.93. The first-order valence-corrected chi connectivity index (χ1v) is 11.5. The molecule has 0 bridgehead atoms. The van der Waals surface area contributed by atoms with E-state index in [9.17, 15) is 8.42 Å². The summed E-state index contributed by atoms with van der Waals surface area (Å²) in [6.45, 7) is 0. The molecule has 5 nitrogen and oxygen atoms in total. The molecule has 3 rings (SSSR count). The average Bonchev–Trinajstić information content (AvgIpc) is 2.75. The fourth-order valence-electron chi connectivity index (χ4n) is 3.26. The maximum absolute atomic E-state index is 12.8. The predicted molar refractivity (Wildman–Crippen MR) is 125 cm³/mol. The number of hydrogen-bond acceptors (Lipinski definition) is 5. The number of hydrogen-bond donors (Lipinski definition) is 1. The Morgan fingerprint density at radius 3 is 1.53 bits per heavy atom. The van der Waals surface area contributed by atoms with Crippen LogP contribution in [-0.4, -0.2) is 42.5 Å². The number of rotatable bonds is 8. The standard InChI is InChI=1S/C24H29N3O2S/c1-26(2)21-14-10-19(11-15-21)24(20-12-16-22(17-13-20)27(3)4)25-18-30(28,29)23-8-6-5-7-9-23/h5-17,24-25H,18H2,1-4H3. The van der Waals surface area contributed by atoms with Crippen LogP contribution < -0.4 is 15.1 Å². The molecule has 0 spiro atoms. The van der Waals surface area contributed by atoms with Crippen molar-refractivity contribution >= 4 is 21.2 Å². The van der Waals surface area contributed by atoms with Gasteiger partial charge in [-0.2, -0.15) is 0 Å². The molecule has 0 radical (unpaired) electrons. The van der Waals surface area contributed by atoms with Crippen LogP contribution in [0, 0.1) is 0 Å². The first kappa shape index (κ1) is 21.9. The highest BCUT2D eigenvalue weighted by atomic mass is 32.2. The molecule has 6 heteroatoms. The Balaban J connectivity index is 1.91. The van der Waals surface area contributed by atoms with E-state index >= 15 is 0 Å². The van der Waals surface area contributed by atoms with Gasteiger partial charge in [0.1, 0.15) is 5.88 Å². The van der Waals surface area contributed by atoms with Crippen LogP contribution in [0.5, 0.6) is 0 Å². The Labute approximate surface area is 179 Å². The summed E-state index contributed by atoms with van der Waals surface area (Å²) in [4.78, 5) is 4.40. The zero-order valence-corrected chi connectivity index (χ0v) is 18.7. The summed E-state index contributed by atoms with van der Waals surface area (Å²) in [6.07, 6.45) is 0. The van der Waals surface area contributed by atoms with Gasteiger partial charge in [-0.1, -0.05) is 42.5 Å². The van der Waals surface area contributed by atoms with Crippen LogP contribution in [0.3, 0.4) is 0 Å². The lowest BCUT2D eigenvalue weighted by Gasteiger charge is -2.22. The molecule has 0 unspecified atom stereocenters. The van der Waals surface area contributed by atoms with Crippen LogP contribution in [0.25, 0.3) is 0 Å². The van der Waals surface area contributed by atoms with E-state index in [0.717, 1.165) is 22.5 Å². The monoisotopic (exact) mass is 423 g/mol. The van der Waals surface area contributed by atoms with Gasteiger partial charge in [-0.15, -0.1) is 0 Å². The Morgan fingerprint density at radius 2 is 1.13 bits per heavy atom. The van der Waals surface area contributed by atoms with Gasteiger partial charge in [0.05, 0.1) is 10.9 Å². The first-order chi connectivity index (χ1) is 14.3. The second-order valence-electron chi connectivity index (χ2n) is 7.68. The zero-order valence-electron chi connectivity index (χ0n) is 17.9. The summed E-state index contributed by atoms with van der Waals surface area (Å²) in [5.41, 5.74) is 4.22. The van der Waals surface area contributed by atoms with Crippen molar-refractivity contribution in [1.29, 1.82) is 0 Å². The van der Waals surface area contributed by atoms with E-state index in [1.165, 1.54) is 0 Å². The molecule has 158 valence electrons. The molecule has 0 atom stereocenters. The third-order valence-electron chi connectivity index (χ3n) is 5.07. The summed E-state index contributed by atoms with van der Waals surface area (Å²) in [5, 5.41) is 3.27. The highest BCUT2D eigenvalue weighted by Gasteiger charge is 2.20. The maximum atomic E-state index is 12.8. The van der Waals surface area contributed by atoms with Gasteiger partial charge in [0, 0.05) is 39.6 Å². The number of benzene rings is 3. The molecular weight excluding hydrogens is 394 g/mol. The highest BCUT2D eigenvalue weighted by molar-refractivity contribution is 7.91. The summed E-state index contributed by atoms with van der Waals surface area (Å²) in [5.74, 6) is -0.146. The second-order valence-corrected chi connectivity index (χ2v) is 9.67. The summed E-state index contributed by atoms with van der Waals surface area (Å²) < 4.78 is 25.6. The fourth-order valence-corrected chi connectivity index (χ4v) is 4.39. The van der Waals surface area contributed by atoms with E-state index in [-0.39, 0.29) is 11.9 Å². The van der Waals surface area contributed by atoms with Crippen molar-refractivity contribution in [3.05, 3.63) is 90.0 Å². The van der Waals surface area contributed by atoms with Crippen LogP contribution in [0.2, 0.25) is 0 Å². The van der Waals surface area contributed by atoms with Gasteiger partial charge in [0.2, 0.25) is 0 Å². The van der Waals surface area contributed by atoms with Crippen LogP contribution in [0.15, 0.2) is 83.8 Å². The number of nitrogens with one attached hydrogen (secondary N) is 1. The van der Waals surface area contributed by atoms with Gasteiger partial charge in [0.25, 0.3) is 0 Å². The van der Waals surface area contributed by atoms with Crippen LogP contribution in [-0.2, 0) is 9.84 Å². The molecule has 0 heterocycles. The lowest BCUT2D eigenvalue weighted by Crippen LogP contribution is -2.28. The molecule has 1 N–H and O–H groups in total. The minimum absolute atomic E-state index is 0.146. The summed E-state index contributed by atoms with van der Waals surface area (Å²) in [6, 6.07) is 24.7. The topological polar surface area (TPSA) is 52.7 Å². The third-order valence-corrected chi connectivity index (χ3v) is 6.60. The van der Waals surface area contributed by atoms with Crippen molar-refractivity contribution in [2.24, 2.45) is 0 Å². The number of anilines is 2. The highest BCUT2D eigenvalue weighted by Crippen LogP contribution is 2.26. The smallest absolute Gasteiger partial charge is 0.191 e. The van der Waals surface area contributed by atoms with Crippen LogP contribution in [0.1, 0.15) is 17.2 Å². The Morgan fingerprint density at radius 1 is 0.700 bits per heavy atom. The number of nitrogens with zero attached hydrogens (tertiary/aromatic N) is 2. The van der Waals surface area contributed by atoms with E-state index in [1.54, 1.807) is 24.3 Å². The minimum Gasteiger partial charge on any atom is -0.378 e. The molecule has 30 heavy (non-hydrogen) atoms. The van der Waals surface area contributed by atoms with Gasteiger partial charge >= 0.3 is 0 Å². The second kappa shape index (κ2) is 9.32. The maximum Gasteiger partial charge on any atom is 0.191 e. The molecule has 0 aliphatic carbocycles. The van der Waals surface area contributed by atoms with E-state index < -0.39 is 9.84 Å². The first-order valence-electron chi connectivity index (χ1n) is 9.84. The van der Waals surface area contributed by atoms with Crippen molar-refractivity contribution in [3.8, 4) is 0 Å². The Kier molecular flexibility index (Phi) is 6.80. The molecule has 0 aliphatic heterocycles. The van der Waals surface area contributed by atoms with Crippen molar-refractivity contribution in [3.63, 3.8) is 0 Å². The molecular formula is C24H29N3O2S. The molecule has 0 aliphatic rings. The lowest BCUT2D eigenvalue weighted by atomic mass is 9.98. The van der Waals surface area contributed by atoms with Crippen molar-refractivity contribution in [1.82, 2.24) is 5.32 Å². The van der Waals surface area contributed by atoms with Crippen molar-refractivity contribution in [2.45, 2.75) is 10.9 Å². The zero-order chi connectivity index (χ0) is 21.7. The molecule has 0 saturated heterocycles. The van der Waals surface area contributed by atoms with Gasteiger partial charge in [-0.25, -0.2) is 8.42 Å². The molecule has 3 aromatic rings. The van der Waals surface area contributed by atoms with Gasteiger partial charge in [0.15, 0.2) is 9.84 Å². The quantitative estimate of drug-likeness (QED) is 0.595. The largest absolute Gasteiger partial charge is 0.378 e. The summed E-state index contributed by atoms with van der Waals surface area (Å²) >= 11 is 0. The average molecular weight is 424 g/mol. The van der Waals surface area contributed by atoms with Crippen molar-refractivity contribution in [2.75, 3.05) is 43.9 Å². The molecule has 0 aromatic heterocycles. The normalized spacial score (nSPS) is 11.5. The Bertz CT molecular complexity index is 994. The molecule has 0 amide bonds. The lowest BCUT2D eigenvalue weighted by molar-refractivity contribution is 0.577. The van der Waals surface area contributed by atoms with E-state index in [2.05, 4.69) is 5.32 Å². The Hall–Kier alpha value is -2.83. The van der Waals surface area contributed by atoms with E-state index in [1.807, 2.05) is 92.6 Å². The van der Waals surface area contributed by atoms with E-state index in [4.69, 9.17) is 0 Å². The summed E-state index contributed by atoms with van der Waals surface area (Å²) in [7, 11) is 4.55. The van der Waals surface area contributed by atoms with Crippen LogP contribution in [0.4, 0.5) is 11.4 Å². The molecule has 3 aromatic carbocycles. The van der Waals surface area contributed by atoms with Crippen LogP contribution >= 0.6 is 0 Å². The fraction of sp³-hybridized carbons (Fsp3) is 0.250. The SMILES string of the molecule is CN(C)c1ccc(C(NCS(=O)(=O)c2ccccc2)c2ccc(N(C)C)cc2)cc1. The third kappa shape index (κ3) is 5.20. The minimum atomic E-state index is -3.44. The van der Waals surface area contributed by atoms with Gasteiger partial charge in [-0.3, -0.25) is 5.32 Å². The molecule has 0 fully saturated rings. The van der Waals surface area contributed by atoms with Gasteiger partial charge < -0.3 is 9.80 Å². The number of sulfone groups is 1. The van der Waals surface area contributed by atoms with Gasteiger partial charge in [-0.05, 0) is 47.5 Å². The van der Waals surface area contributed by atoms with E-state index in [0.29, 0.717) is 4.90 Å². The molecule has 0 saturated carbocycles. The van der Waals surface area contributed by atoms with Crippen molar-refractivity contribution < 1.29 is 8.42 Å².